The Labute approximate surface area is 200 Å². The lowest BCUT2D eigenvalue weighted by molar-refractivity contribution is -0.384. The molecule has 1 amide bonds. The van der Waals surface area contributed by atoms with E-state index in [0.717, 1.165) is 11.6 Å². The standard InChI is InChI=1S/C24H17F3N4O5/c25-24(26,27)16-7-9-19(20(13-16)31(35)36)28-29-21(32)15-6-8-17-18(12-15)23(34)30(22(17)33)11-10-14-4-2-1-3-5-14/h1-9,12-13,33-34H,10-11H2. The average molecular weight is 498 g/mol. The summed E-state index contributed by atoms with van der Waals surface area (Å²) in [6.45, 7) is 0.261. The van der Waals surface area contributed by atoms with Crippen LogP contribution in [0.5, 0.6) is 11.8 Å². The molecule has 0 aliphatic rings. The van der Waals surface area contributed by atoms with Gasteiger partial charge in [0.1, 0.15) is 0 Å². The summed E-state index contributed by atoms with van der Waals surface area (Å²) in [5, 5.41) is 39.6. The van der Waals surface area contributed by atoms with Crippen LogP contribution in [0.1, 0.15) is 21.5 Å². The summed E-state index contributed by atoms with van der Waals surface area (Å²) in [6.07, 6.45) is -4.27. The van der Waals surface area contributed by atoms with Crippen molar-refractivity contribution in [1.29, 1.82) is 0 Å². The van der Waals surface area contributed by atoms with Gasteiger partial charge in [-0.25, -0.2) is 0 Å². The number of halogens is 3. The number of carbonyl (C=O) groups is 1. The molecule has 0 fully saturated rings. The van der Waals surface area contributed by atoms with Crippen molar-refractivity contribution in [3.8, 4) is 11.8 Å². The average Bonchev–Trinajstić information content (AvgIpc) is 3.09. The zero-order valence-corrected chi connectivity index (χ0v) is 18.3. The second kappa shape index (κ2) is 9.49. The van der Waals surface area contributed by atoms with Crippen molar-refractivity contribution in [3.05, 3.63) is 93.5 Å². The van der Waals surface area contributed by atoms with Crippen LogP contribution in [-0.2, 0) is 19.1 Å². The number of aromatic nitrogens is 1. The quantitative estimate of drug-likeness (QED) is 0.187. The van der Waals surface area contributed by atoms with Crippen LogP contribution in [0, 0.1) is 10.1 Å². The molecule has 4 aromatic rings. The molecule has 1 heterocycles. The maximum absolute atomic E-state index is 12.9. The largest absolute Gasteiger partial charge is 0.494 e. The van der Waals surface area contributed by atoms with Gasteiger partial charge in [0.05, 0.1) is 10.5 Å². The number of azo groups is 1. The predicted molar refractivity (Wildman–Crippen MR) is 122 cm³/mol. The number of amides is 1. The fraction of sp³-hybridized carbons (Fsp3) is 0.125. The van der Waals surface area contributed by atoms with Crippen LogP contribution >= 0.6 is 0 Å². The molecule has 4 rings (SSSR count). The zero-order chi connectivity index (χ0) is 26.0. The summed E-state index contributed by atoms with van der Waals surface area (Å²) in [7, 11) is 0. The molecule has 0 atom stereocenters. The number of fused-ring (bicyclic) bond motifs is 1. The summed E-state index contributed by atoms with van der Waals surface area (Å²) in [4.78, 5) is 22.6. The molecule has 3 aromatic carbocycles. The topological polar surface area (TPSA) is 130 Å². The van der Waals surface area contributed by atoms with E-state index in [1.54, 1.807) is 0 Å². The highest BCUT2D eigenvalue weighted by atomic mass is 19.4. The number of nitro benzene ring substituents is 1. The van der Waals surface area contributed by atoms with Gasteiger partial charge in [0.15, 0.2) is 5.69 Å². The number of hydrogen-bond donors (Lipinski definition) is 2. The van der Waals surface area contributed by atoms with Crippen LogP contribution in [0.15, 0.2) is 77.0 Å². The highest BCUT2D eigenvalue weighted by Crippen LogP contribution is 2.38. The van der Waals surface area contributed by atoms with E-state index in [1.807, 2.05) is 30.3 Å². The maximum atomic E-state index is 12.9. The van der Waals surface area contributed by atoms with Crippen LogP contribution in [0.25, 0.3) is 10.8 Å². The van der Waals surface area contributed by atoms with Crippen molar-refractivity contribution < 1.29 is 33.1 Å². The first-order valence-electron chi connectivity index (χ1n) is 10.5. The summed E-state index contributed by atoms with van der Waals surface area (Å²) in [5.74, 6) is -1.43. The summed E-state index contributed by atoms with van der Waals surface area (Å²) < 4.78 is 39.8. The Morgan fingerprint density at radius 2 is 1.67 bits per heavy atom. The predicted octanol–water partition coefficient (Wildman–Crippen LogP) is 6.15. The van der Waals surface area contributed by atoms with Gasteiger partial charge in [-0.2, -0.15) is 13.2 Å². The second-order valence-corrected chi connectivity index (χ2v) is 7.76. The van der Waals surface area contributed by atoms with Crippen molar-refractivity contribution in [2.75, 3.05) is 0 Å². The van der Waals surface area contributed by atoms with Gasteiger partial charge in [-0.15, -0.1) is 10.2 Å². The van der Waals surface area contributed by atoms with Crippen molar-refractivity contribution >= 4 is 28.1 Å². The Balaban J connectivity index is 1.60. The minimum atomic E-state index is -4.79. The van der Waals surface area contributed by atoms with Gasteiger partial charge in [-0.05, 0) is 42.3 Å². The molecule has 0 radical (unpaired) electrons. The fourth-order valence-corrected chi connectivity index (χ4v) is 3.63. The zero-order valence-electron chi connectivity index (χ0n) is 18.3. The van der Waals surface area contributed by atoms with E-state index in [0.29, 0.717) is 18.6 Å². The first kappa shape index (κ1) is 24.4. The number of aromatic hydroxyl groups is 2. The monoisotopic (exact) mass is 498 g/mol. The Bertz CT molecular complexity index is 1500. The van der Waals surface area contributed by atoms with Crippen molar-refractivity contribution in [2.45, 2.75) is 19.1 Å². The Kier molecular flexibility index (Phi) is 6.43. The SMILES string of the molecule is O=C(N=Nc1ccc(C(F)(F)F)cc1[N+](=O)[O-])c1ccc2c(O)n(CCc3ccccc3)c(O)c2c1. The third-order valence-corrected chi connectivity index (χ3v) is 5.47. The number of alkyl halides is 3. The van der Waals surface area contributed by atoms with Gasteiger partial charge >= 0.3 is 6.18 Å². The van der Waals surface area contributed by atoms with E-state index in [2.05, 4.69) is 10.2 Å². The molecule has 9 nitrogen and oxygen atoms in total. The van der Waals surface area contributed by atoms with Crippen molar-refractivity contribution in [3.63, 3.8) is 0 Å². The van der Waals surface area contributed by atoms with Gasteiger partial charge in [-0.1, -0.05) is 30.3 Å². The molecule has 0 saturated carbocycles. The normalized spacial score (nSPS) is 11.9. The number of benzene rings is 3. The van der Waals surface area contributed by atoms with Gasteiger partial charge in [0.2, 0.25) is 11.8 Å². The Morgan fingerprint density at radius 3 is 2.33 bits per heavy atom. The number of nitrogens with zero attached hydrogens (tertiary/aromatic N) is 4. The molecular weight excluding hydrogens is 481 g/mol. The minimum absolute atomic E-state index is 0.0590. The van der Waals surface area contributed by atoms with E-state index in [-0.39, 0.29) is 34.6 Å². The smallest absolute Gasteiger partial charge is 0.416 e. The molecule has 0 aliphatic heterocycles. The third kappa shape index (κ3) is 4.87. The number of nitro groups is 1. The van der Waals surface area contributed by atoms with E-state index >= 15 is 0 Å². The lowest BCUT2D eigenvalue weighted by Crippen LogP contribution is -2.05. The fourth-order valence-electron chi connectivity index (χ4n) is 3.63. The molecule has 36 heavy (non-hydrogen) atoms. The van der Waals surface area contributed by atoms with Gasteiger partial charge in [-0.3, -0.25) is 19.5 Å². The number of carbonyl (C=O) groups excluding carboxylic acids is 1. The first-order chi connectivity index (χ1) is 17.1. The van der Waals surface area contributed by atoms with Gasteiger partial charge in [0, 0.05) is 28.9 Å². The molecule has 12 heteroatoms. The van der Waals surface area contributed by atoms with Gasteiger partial charge < -0.3 is 10.2 Å². The molecule has 0 bridgehead atoms. The number of hydrogen-bond acceptors (Lipinski definition) is 6. The van der Waals surface area contributed by atoms with E-state index in [1.165, 1.54) is 22.8 Å². The summed E-state index contributed by atoms with van der Waals surface area (Å²) in [6, 6.07) is 15.0. The molecule has 0 aliphatic carbocycles. The number of rotatable bonds is 6. The van der Waals surface area contributed by atoms with Crippen molar-refractivity contribution in [2.24, 2.45) is 10.2 Å². The minimum Gasteiger partial charge on any atom is -0.494 e. The Morgan fingerprint density at radius 1 is 0.972 bits per heavy atom. The molecule has 0 saturated heterocycles. The van der Waals surface area contributed by atoms with Gasteiger partial charge in [0.25, 0.3) is 11.6 Å². The molecule has 0 spiro atoms. The molecule has 184 valence electrons. The first-order valence-corrected chi connectivity index (χ1v) is 10.5. The van der Waals surface area contributed by atoms with Crippen LogP contribution < -0.4 is 0 Å². The molecule has 0 unspecified atom stereocenters. The highest BCUT2D eigenvalue weighted by Gasteiger charge is 2.33. The molecule has 2 N–H and O–H groups in total. The second-order valence-electron chi connectivity index (χ2n) is 7.76. The maximum Gasteiger partial charge on any atom is 0.416 e. The Hall–Kier alpha value is -4.74. The highest BCUT2D eigenvalue weighted by molar-refractivity contribution is 6.02. The number of aryl methyl sites for hydroxylation is 1. The lowest BCUT2D eigenvalue weighted by Gasteiger charge is -2.06. The van der Waals surface area contributed by atoms with Crippen molar-refractivity contribution in [1.82, 2.24) is 4.57 Å². The van der Waals surface area contributed by atoms with E-state index in [4.69, 9.17) is 0 Å². The van der Waals surface area contributed by atoms with Crippen LogP contribution in [0.3, 0.4) is 0 Å². The van der Waals surface area contributed by atoms with E-state index < -0.39 is 33.9 Å². The summed E-state index contributed by atoms with van der Waals surface area (Å²) >= 11 is 0. The summed E-state index contributed by atoms with van der Waals surface area (Å²) in [5.41, 5.74) is -1.80. The van der Waals surface area contributed by atoms with Crippen LogP contribution in [-0.4, -0.2) is 25.6 Å². The van der Waals surface area contributed by atoms with Crippen LogP contribution in [0.4, 0.5) is 24.5 Å². The van der Waals surface area contributed by atoms with E-state index in [9.17, 15) is 38.3 Å². The van der Waals surface area contributed by atoms with Crippen LogP contribution in [0.2, 0.25) is 0 Å². The molecule has 1 aromatic heterocycles. The molecular formula is C24H17F3N4O5. The third-order valence-electron chi connectivity index (χ3n) is 5.47. The lowest BCUT2D eigenvalue weighted by atomic mass is 10.1.